The number of nitrogens with one attached hydrogen (secondary N) is 2. The maximum Gasteiger partial charge on any atom is 0.220 e. The first kappa shape index (κ1) is 19.1. The van der Waals surface area contributed by atoms with E-state index in [2.05, 4.69) is 42.4 Å². The van der Waals surface area contributed by atoms with Gasteiger partial charge in [-0.2, -0.15) is 5.10 Å². The SMILES string of the molecule is O=C(CCc1cc2n(n1)CCNC2)NCC(c1cccnc1)N1CCCCC1. The van der Waals surface area contributed by atoms with Gasteiger partial charge in [0, 0.05) is 44.9 Å². The number of rotatable bonds is 7. The highest BCUT2D eigenvalue weighted by Gasteiger charge is 2.23. The largest absolute Gasteiger partial charge is 0.354 e. The minimum atomic E-state index is 0.0926. The van der Waals surface area contributed by atoms with Gasteiger partial charge in [-0.25, -0.2) is 0 Å². The van der Waals surface area contributed by atoms with Gasteiger partial charge in [-0.15, -0.1) is 0 Å². The number of aryl methyl sites for hydroxylation is 1. The zero-order chi connectivity index (χ0) is 19.2. The predicted molar refractivity (Wildman–Crippen MR) is 108 cm³/mol. The lowest BCUT2D eigenvalue weighted by atomic mass is 10.0. The monoisotopic (exact) mass is 382 g/mol. The molecule has 7 nitrogen and oxygen atoms in total. The number of fused-ring (bicyclic) bond motifs is 1. The summed E-state index contributed by atoms with van der Waals surface area (Å²) in [6, 6.07) is 6.40. The molecule has 0 bridgehead atoms. The van der Waals surface area contributed by atoms with Gasteiger partial charge >= 0.3 is 0 Å². The minimum absolute atomic E-state index is 0.0926. The van der Waals surface area contributed by atoms with Crippen molar-refractivity contribution >= 4 is 5.91 Å². The molecule has 150 valence electrons. The van der Waals surface area contributed by atoms with E-state index in [-0.39, 0.29) is 11.9 Å². The van der Waals surface area contributed by atoms with Crippen molar-refractivity contribution in [3.8, 4) is 0 Å². The number of pyridine rings is 1. The summed E-state index contributed by atoms with van der Waals surface area (Å²) >= 11 is 0. The Bertz CT molecular complexity index is 745. The smallest absolute Gasteiger partial charge is 0.220 e. The summed E-state index contributed by atoms with van der Waals surface area (Å²) in [5.74, 6) is 0.0926. The molecule has 28 heavy (non-hydrogen) atoms. The average Bonchev–Trinajstić information content (AvgIpc) is 3.17. The van der Waals surface area contributed by atoms with Gasteiger partial charge in [-0.1, -0.05) is 12.5 Å². The Hall–Kier alpha value is -2.25. The number of likely N-dealkylation sites (tertiary alicyclic amines) is 1. The van der Waals surface area contributed by atoms with E-state index in [0.29, 0.717) is 19.4 Å². The van der Waals surface area contributed by atoms with Crippen LogP contribution in [-0.4, -0.2) is 51.8 Å². The molecular weight excluding hydrogens is 352 g/mol. The van der Waals surface area contributed by atoms with Crippen LogP contribution in [0.25, 0.3) is 0 Å². The molecule has 2 aliphatic heterocycles. The van der Waals surface area contributed by atoms with E-state index in [1.165, 1.54) is 30.5 Å². The summed E-state index contributed by atoms with van der Waals surface area (Å²) in [7, 11) is 0. The van der Waals surface area contributed by atoms with E-state index in [4.69, 9.17) is 0 Å². The molecule has 2 N–H and O–H groups in total. The van der Waals surface area contributed by atoms with E-state index in [1.807, 2.05) is 12.3 Å². The Balaban J connectivity index is 1.31. The third-order valence-electron chi connectivity index (χ3n) is 5.72. The quantitative estimate of drug-likeness (QED) is 0.762. The summed E-state index contributed by atoms with van der Waals surface area (Å²) in [6.45, 7) is 5.54. The molecule has 0 aliphatic carbocycles. The summed E-state index contributed by atoms with van der Waals surface area (Å²) in [4.78, 5) is 19.2. The molecule has 1 atom stereocenters. The van der Waals surface area contributed by atoms with Gasteiger partial charge in [0.25, 0.3) is 0 Å². The molecule has 1 amide bonds. The van der Waals surface area contributed by atoms with Crippen molar-refractivity contribution in [1.29, 1.82) is 0 Å². The van der Waals surface area contributed by atoms with Gasteiger partial charge in [0.2, 0.25) is 5.91 Å². The third kappa shape index (κ3) is 4.77. The van der Waals surface area contributed by atoms with Crippen molar-refractivity contribution in [1.82, 2.24) is 30.3 Å². The lowest BCUT2D eigenvalue weighted by Gasteiger charge is -2.34. The van der Waals surface area contributed by atoms with E-state index in [0.717, 1.165) is 38.4 Å². The Morgan fingerprint density at radius 3 is 2.93 bits per heavy atom. The van der Waals surface area contributed by atoms with Crippen molar-refractivity contribution in [2.45, 2.75) is 51.2 Å². The molecule has 0 aromatic carbocycles. The first-order valence-electron chi connectivity index (χ1n) is 10.5. The molecule has 1 saturated heterocycles. The van der Waals surface area contributed by atoms with Crippen LogP contribution in [0.1, 0.15) is 48.7 Å². The number of carbonyl (C=O) groups is 1. The number of aromatic nitrogens is 3. The Kier molecular flexibility index (Phi) is 6.34. The van der Waals surface area contributed by atoms with Crippen LogP contribution < -0.4 is 10.6 Å². The zero-order valence-electron chi connectivity index (χ0n) is 16.4. The Morgan fingerprint density at radius 2 is 2.14 bits per heavy atom. The summed E-state index contributed by atoms with van der Waals surface area (Å²) < 4.78 is 2.05. The highest BCUT2D eigenvalue weighted by atomic mass is 16.1. The molecule has 2 aliphatic rings. The van der Waals surface area contributed by atoms with Crippen LogP contribution >= 0.6 is 0 Å². The Morgan fingerprint density at radius 1 is 1.25 bits per heavy atom. The van der Waals surface area contributed by atoms with Crippen molar-refractivity contribution in [2.75, 3.05) is 26.2 Å². The van der Waals surface area contributed by atoms with Crippen LogP contribution in [-0.2, 0) is 24.3 Å². The van der Waals surface area contributed by atoms with E-state index in [9.17, 15) is 4.79 Å². The van der Waals surface area contributed by atoms with Crippen LogP contribution in [0, 0.1) is 0 Å². The number of nitrogens with zero attached hydrogens (tertiary/aromatic N) is 4. The molecule has 2 aromatic rings. The maximum atomic E-state index is 12.5. The van der Waals surface area contributed by atoms with Gasteiger partial charge in [-0.3, -0.25) is 19.4 Å². The number of piperidine rings is 1. The summed E-state index contributed by atoms with van der Waals surface area (Å²) in [5.41, 5.74) is 3.40. The second-order valence-electron chi connectivity index (χ2n) is 7.73. The van der Waals surface area contributed by atoms with Gasteiger partial charge in [0.1, 0.15) is 0 Å². The van der Waals surface area contributed by atoms with Gasteiger partial charge in [-0.05, 0) is 43.6 Å². The predicted octanol–water partition coefficient (Wildman–Crippen LogP) is 1.66. The Labute approximate surface area is 166 Å². The minimum Gasteiger partial charge on any atom is -0.354 e. The highest BCUT2D eigenvalue weighted by molar-refractivity contribution is 5.76. The third-order valence-corrected chi connectivity index (χ3v) is 5.72. The fraction of sp³-hybridized carbons (Fsp3) is 0.571. The second-order valence-corrected chi connectivity index (χ2v) is 7.73. The number of carbonyl (C=O) groups excluding carboxylic acids is 1. The molecule has 4 heterocycles. The van der Waals surface area contributed by atoms with Crippen LogP contribution in [0.5, 0.6) is 0 Å². The normalized spacial score (nSPS) is 18.4. The van der Waals surface area contributed by atoms with E-state index in [1.54, 1.807) is 6.20 Å². The van der Waals surface area contributed by atoms with Crippen molar-refractivity contribution in [3.63, 3.8) is 0 Å². The molecule has 0 saturated carbocycles. The van der Waals surface area contributed by atoms with E-state index < -0.39 is 0 Å². The molecular formula is C21H30N6O. The zero-order valence-corrected chi connectivity index (χ0v) is 16.4. The molecule has 4 rings (SSSR count). The summed E-state index contributed by atoms with van der Waals surface area (Å²) in [5, 5.41) is 11.1. The number of hydrogen-bond acceptors (Lipinski definition) is 5. The molecule has 0 spiro atoms. The van der Waals surface area contributed by atoms with Crippen LogP contribution in [0.2, 0.25) is 0 Å². The highest BCUT2D eigenvalue weighted by Crippen LogP contribution is 2.23. The van der Waals surface area contributed by atoms with Crippen LogP contribution in [0.15, 0.2) is 30.6 Å². The molecule has 2 aromatic heterocycles. The first-order valence-corrected chi connectivity index (χ1v) is 10.5. The van der Waals surface area contributed by atoms with Crippen molar-refractivity contribution in [3.05, 3.63) is 47.5 Å². The summed E-state index contributed by atoms with van der Waals surface area (Å²) in [6.07, 6.45) is 8.64. The molecule has 0 radical (unpaired) electrons. The fourth-order valence-corrected chi connectivity index (χ4v) is 4.18. The number of amides is 1. The van der Waals surface area contributed by atoms with Crippen molar-refractivity contribution < 1.29 is 4.79 Å². The molecule has 7 heteroatoms. The van der Waals surface area contributed by atoms with E-state index >= 15 is 0 Å². The molecule has 1 fully saturated rings. The van der Waals surface area contributed by atoms with Crippen molar-refractivity contribution in [2.24, 2.45) is 0 Å². The standard InChI is InChI=1S/C21H30N6O/c28-21(7-6-18-13-19-15-23-9-12-27(19)25-18)24-16-20(17-5-4-8-22-14-17)26-10-2-1-3-11-26/h4-5,8,13-14,20,23H,1-3,6-7,9-12,15-16H2,(H,24,28). The van der Waals surface area contributed by atoms with Gasteiger partial charge in [0.15, 0.2) is 0 Å². The lowest BCUT2D eigenvalue weighted by Crippen LogP contribution is -2.40. The lowest BCUT2D eigenvalue weighted by molar-refractivity contribution is -0.121. The van der Waals surface area contributed by atoms with Crippen LogP contribution in [0.4, 0.5) is 0 Å². The van der Waals surface area contributed by atoms with Gasteiger partial charge in [0.05, 0.1) is 24.0 Å². The molecule has 1 unspecified atom stereocenters. The van der Waals surface area contributed by atoms with Crippen LogP contribution in [0.3, 0.4) is 0 Å². The number of hydrogen-bond donors (Lipinski definition) is 2. The fourth-order valence-electron chi connectivity index (χ4n) is 4.18. The second kappa shape index (κ2) is 9.30. The maximum absolute atomic E-state index is 12.5. The topological polar surface area (TPSA) is 75.1 Å². The average molecular weight is 383 g/mol. The first-order chi connectivity index (χ1) is 13.8. The van der Waals surface area contributed by atoms with Gasteiger partial charge < -0.3 is 10.6 Å².